The highest BCUT2D eigenvalue weighted by atomic mass is 16.3. The van der Waals surface area contributed by atoms with E-state index in [1.54, 1.807) is 0 Å². The van der Waals surface area contributed by atoms with Gasteiger partial charge in [-0.15, -0.1) is 0 Å². The third-order valence-electron chi connectivity index (χ3n) is 4.39. The molecule has 1 saturated carbocycles. The van der Waals surface area contributed by atoms with E-state index in [1.807, 2.05) is 0 Å². The molecular formula is C16H33NO. The molecule has 0 aliphatic heterocycles. The molecule has 0 aromatic carbocycles. The monoisotopic (exact) mass is 255 g/mol. The summed E-state index contributed by atoms with van der Waals surface area (Å²) in [5, 5.41) is 10.3. The Balaban J connectivity index is 2.62. The van der Waals surface area contributed by atoms with Gasteiger partial charge >= 0.3 is 0 Å². The van der Waals surface area contributed by atoms with Crippen LogP contribution >= 0.6 is 0 Å². The summed E-state index contributed by atoms with van der Waals surface area (Å²) in [4.78, 5) is 2.57. The van der Waals surface area contributed by atoms with E-state index in [2.05, 4.69) is 32.6 Å². The second-order valence-electron chi connectivity index (χ2n) is 6.78. The fraction of sp³-hybridized carbons (Fsp3) is 1.00. The Morgan fingerprint density at radius 2 is 1.67 bits per heavy atom. The summed E-state index contributed by atoms with van der Waals surface area (Å²) in [7, 11) is 0. The Hall–Kier alpha value is -0.0800. The SMILES string of the molecule is CCCCN(CCCC)C1CC(C)(C)CCC1O. The van der Waals surface area contributed by atoms with Gasteiger partial charge in [0.15, 0.2) is 0 Å². The molecule has 2 unspecified atom stereocenters. The minimum absolute atomic E-state index is 0.105. The zero-order valence-corrected chi connectivity index (χ0v) is 12.9. The highest BCUT2D eigenvalue weighted by Gasteiger charge is 2.36. The fourth-order valence-corrected chi connectivity index (χ4v) is 3.07. The lowest BCUT2D eigenvalue weighted by atomic mass is 9.73. The van der Waals surface area contributed by atoms with Crippen LogP contribution in [0.3, 0.4) is 0 Å². The molecule has 0 aromatic rings. The Bertz CT molecular complexity index is 219. The number of aliphatic hydroxyl groups is 1. The van der Waals surface area contributed by atoms with Crippen LogP contribution in [0.15, 0.2) is 0 Å². The molecule has 2 atom stereocenters. The zero-order valence-electron chi connectivity index (χ0n) is 12.9. The van der Waals surface area contributed by atoms with Crippen molar-refractivity contribution in [1.82, 2.24) is 4.90 Å². The van der Waals surface area contributed by atoms with Crippen molar-refractivity contribution in [3.63, 3.8) is 0 Å². The highest BCUT2D eigenvalue weighted by molar-refractivity contribution is 4.90. The van der Waals surface area contributed by atoms with Crippen LogP contribution in [-0.4, -0.2) is 35.2 Å². The third-order valence-corrected chi connectivity index (χ3v) is 4.39. The molecule has 0 aromatic heterocycles. The molecule has 0 spiro atoms. The summed E-state index contributed by atoms with van der Waals surface area (Å²) in [5.74, 6) is 0. The molecule has 0 saturated heterocycles. The predicted molar refractivity (Wildman–Crippen MR) is 78.8 cm³/mol. The molecule has 0 bridgehead atoms. The first-order valence-corrected chi connectivity index (χ1v) is 7.92. The van der Waals surface area contributed by atoms with E-state index in [1.165, 1.54) is 32.1 Å². The van der Waals surface area contributed by atoms with Crippen LogP contribution in [0, 0.1) is 5.41 Å². The van der Waals surface area contributed by atoms with Gasteiger partial charge in [0, 0.05) is 6.04 Å². The van der Waals surface area contributed by atoms with Crippen molar-refractivity contribution in [2.75, 3.05) is 13.1 Å². The van der Waals surface area contributed by atoms with Crippen molar-refractivity contribution in [3.8, 4) is 0 Å². The van der Waals surface area contributed by atoms with Gasteiger partial charge in [0.2, 0.25) is 0 Å². The van der Waals surface area contributed by atoms with Crippen LogP contribution in [0.2, 0.25) is 0 Å². The average molecular weight is 255 g/mol. The highest BCUT2D eigenvalue weighted by Crippen LogP contribution is 2.37. The van der Waals surface area contributed by atoms with E-state index < -0.39 is 0 Å². The molecule has 2 heteroatoms. The van der Waals surface area contributed by atoms with E-state index in [4.69, 9.17) is 0 Å². The summed E-state index contributed by atoms with van der Waals surface area (Å²) < 4.78 is 0. The number of aliphatic hydroxyl groups excluding tert-OH is 1. The Labute approximate surface area is 114 Å². The molecule has 1 N–H and O–H groups in total. The van der Waals surface area contributed by atoms with Crippen molar-refractivity contribution in [3.05, 3.63) is 0 Å². The molecular weight excluding hydrogens is 222 g/mol. The van der Waals surface area contributed by atoms with Crippen molar-refractivity contribution in [1.29, 1.82) is 0 Å². The maximum atomic E-state index is 10.3. The van der Waals surface area contributed by atoms with E-state index in [9.17, 15) is 5.11 Å². The summed E-state index contributed by atoms with van der Waals surface area (Å²) in [6.45, 7) is 11.5. The maximum Gasteiger partial charge on any atom is 0.0695 e. The van der Waals surface area contributed by atoms with Gasteiger partial charge < -0.3 is 5.11 Å². The van der Waals surface area contributed by atoms with Gasteiger partial charge in [-0.2, -0.15) is 0 Å². The average Bonchev–Trinajstić information content (AvgIpc) is 2.33. The molecule has 18 heavy (non-hydrogen) atoms. The van der Waals surface area contributed by atoms with Gasteiger partial charge in [0.05, 0.1) is 6.10 Å². The van der Waals surface area contributed by atoms with E-state index >= 15 is 0 Å². The number of nitrogens with zero attached hydrogens (tertiary/aromatic N) is 1. The fourth-order valence-electron chi connectivity index (χ4n) is 3.07. The Morgan fingerprint density at radius 1 is 1.11 bits per heavy atom. The Morgan fingerprint density at radius 3 is 2.17 bits per heavy atom. The number of hydrogen-bond acceptors (Lipinski definition) is 2. The quantitative estimate of drug-likeness (QED) is 0.747. The molecule has 0 heterocycles. The molecule has 0 radical (unpaired) electrons. The predicted octanol–water partition coefficient (Wildman–Crippen LogP) is 3.83. The second-order valence-corrected chi connectivity index (χ2v) is 6.78. The van der Waals surface area contributed by atoms with Crippen LogP contribution in [0.1, 0.15) is 72.6 Å². The van der Waals surface area contributed by atoms with Gasteiger partial charge in [-0.3, -0.25) is 4.90 Å². The third kappa shape index (κ3) is 4.89. The lowest BCUT2D eigenvalue weighted by molar-refractivity contribution is -0.0182. The topological polar surface area (TPSA) is 23.5 Å². The van der Waals surface area contributed by atoms with Crippen LogP contribution < -0.4 is 0 Å². The number of hydrogen-bond donors (Lipinski definition) is 1. The molecule has 1 rings (SSSR count). The minimum atomic E-state index is -0.105. The molecule has 108 valence electrons. The van der Waals surface area contributed by atoms with Gasteiger partial charge in [-0.05, 0) is 50.6 Å². The van der Waals surface area contributed by atoms with E-state index in [0.29, 0.717) is 11.5 Å². The second kappa shape index (κ2) is 7.49. The zero-order chi connectivity index (χ0) is 13.6. The smallest absolute Gasteiger partial charge is 0.0695 e. The first kappa shape index (κ1) is 16.0. The molecule has 0 amide bonds. The first-order chi connectivity index (χ1) is 8.50. The maximum absolute atomic E-state index is 10.3. The normalized spacial score (nSPS) is 27.7. The van der Waals surface area contributed by atoms with Crippen LogP contribution in [0.5, 0.6) is 0 Å². The van der Waals surface area contributed by atoms with Gasteiger partial charge in [-0.25, -0.2) is 0 Å². The summed E-state index contributed by atoms with van der Waals surface area (Å²) in [5.41, 5.74) is 0.403. The standard InChI is InChI=1S/C16H33NO/c1-5-7-11-17(12-8-6-2)14-13-16(3,4)10-9-15(14)18/h14-15,18H,5-13H2,1-4H3. The van der Waals surface area contributed by atoms with Crippen LogP contribution in [-0.2, 0) is 0 Å². The van der Waals surface area contributed by atoms with Gasteiger partial charge in [0.25, 0.3) is 0 Å². The number of rotatable bonds is 7. The van der Waals surface area contributed by atoms with Gasteiger partial charge in [-0.1, -0.05) is 40.5 Å². The van der Waals surface area contributed by atoms with E-state index in [-0.39, 0.29) is 6.10 Å². The molecule has 1 aliphatic carbocycles. The first-order valence-electron chi connectivity index (χ1n) is 7.92. The van der Waals surface area contributed by atoms with E-state index in [0.717, 1.165) is 25.9 Å². The summed E-state index contributed by atoms with van der Waals surface area (Å²) >= 11 is 0. The largest absolute Gasteiger partial charge is 0.391 e. The van der Waals surface area contributed by atoms with Gasteiger partial charge in [0.1, 0.15) is 0 Å². The lowest BCUT2D eigenvalue weighted by Gasteiger charge is -2.44. The Kier molecular flexibility index (Phi) is 6.65. The van der Waals surface area contributed by atoms with Crippen molar-refractivity contribution in [2.24, 2.45) is 5.41 Å². The molecule has 2 nitrogen and oxygen atoms in total. The lowest BCUT2D eigenvalue weighted by Crippen LogP contribution is -2.49. The summed E-state index contributed by atoms with van der Waals surface area (Å²) in [6.07, 6.45) is 8.20. The minimum Gasteiger partial charge on any atom is -0.391 e. The molecule has 1 aliphatic rings. The van der Waals surface area contributed by atoms with Crippen molar-refractivity contribution >= 4 is 0 Å². The molecule has 1 fully saturated rings. The van der Waals surface area contributed by atoms with Crippen molar-refractivity contribution < 1.29 is 5.11 Å². The van der Waals surface area contributed by atoms with Crippen LogP contribution in [0.4, 0.5) is 0 Å². The van der Waals surface area contributed by atoms with Crippen molar-refractivity contribution in [2.45, 2.75) is 84.8 Å². The van der Waals surface area contributed by atoms with Crippen LogP contribution in [0.25, 0.3) is 0 Å². The number of unbranched alkanes of at least 4 members (excludes halogenated alkanes) is 2. The summed E-state index contributed by atoms with van der Waals surface area (Å²) in [6, 6.07) is 0.395.